The van der Waals surface area contributed by atoms with E-state index in [1.165, 1.54) is 19.3 Å². The van der Waals surface area contributed by atoms with Crippen LogP contribution in [-0.4, -0.2) is 24.1 Å². The quantitative estimate of drug-likeness (QED) is 0.387. The Labute approximate surface area is 118 Å². The first-order valence-electron chi connectivity index (χ1n) is 6.68. The lowest BCUT2D eigenvalue weighted by Crippen LogP contribution is -2.35. The minimum Gasteiger partial charge on any atom is -0.409 e. The van der Waals surface area contributed by atoms with Gasteiger partial charge in [0.15, 0.2) is 5.84 Å². The molecule has 1 aromatic carbocycles. The fraction of sp³-hybridized carbons (Fsp3) is 0.500. The molecule has 0 atom stereocenters. The predicted octanol–water partition coefficient (Wildman–Crippen LogP) is 3.06. The van der Waals surface area contributed by atoms with E-state index in [0.717, 1.165) is 24.7 Å². The van der Waals surface area contributed by atoms with Gasteiger partial charge in [0.25, 0.3) is 0 Å². The van der Waals surface area contributed by atoms with Gasteiger partial charge in [-0.3, -0.25) is 0 Å². The summed E-state index contributed by atoms with van der Waals surface area (Å²) in [5.41, 5.74) is 7.43. The maximum absolute atomic E-state index is 8.88. The van der Waals surface area contributed by atoms with E-state index in [1.807, 2.05) is 12.1 Å². The summed E-state index contributed by atoms with van der Waals surface area (Å²) in [6.45, 7) is 4.25. The van der Waals surface area contributed by atoms with E-state index in [9.17, 15) is 0 Å². The van der Waals surface area contributed by atoms with Crippen molar-refractivity contribution in [2.24, 2.45) is 16.8 Å². The number of benzene rings is 1. The van der Waals surface area contributed by atoms with Crippen LogP contribution in [-0.2, 0) is 0 Å². The molecule has 1 aliphatic heterocycles. The number of amidine groups is 1. The lowest BCUT2D eigenvalue weighted by atomic mass is 9.93. The fourth-order valence-corrected chi connectivity index (χ4v) is 2.80. The third kappa shape index (κ3) is 3.13. The van der Waals surface area contributed by atoms with Crippen LogP contribution in [0.1, 0.15) is 31.7 Å². The molecule has 1 heterocycles. The highest BCUT2D eigenvalue weighted by molar-refractivity contribution is 6.31. The Morgan fingerprint density at radius 3 is 2.74 bits per heavy atom. The molecule has 1 aromatic rings. The van der Waals surface area contributed by atoms with Crippen molar-refractivity contribution in [3.63, 3.8) is 0 Å². The third-order valence-electron chi connectivity index (χ3n) is 3.87. The van der Waals surface area contributed by atoms with Gasteiger partial charge in [-0.1, -0.05) is 30.1 Å². The summed E-state index contributed by atoms with van der Waals surface area (Å²) >= 11 is 5.99. The molecule has 0 aromatic heterocycles. The largest absolute Gasteiger partial charge is 0.409 e. The maximum atomic E-state index is 8.88. The minimum atomic E-state index is 0.107. The molecule has 104 valence electrons. The summed E-state index contributed by atoms with van der Waals surface area (Å²) in [5, 5.41) is 12.6. The lowest BCUT2D eigenvalue weighted by Gasteiger charge is -2.34. The first-order chi connectivity index (χ1) is 9.15. The van der Waals surface area contributed by atoms with Gasteiger partial charge >= 0.3 is 0 Å². The second-order valence-corrected chi connectivity index (χ2v) is 5.42. The van der Waals surface area contributed by atoms with Crippen molar-refractivity contribution in [1.29, 1.82) is 0 Å². The van der Waals surface area contributed by atoms with Crippen LogP contribution in [0.2, 0.25) is 5.02 Å². The van der Waals surface area contributed by atoms with Crippen LogP contribution in [0.5, 0.6) is 0 Å². The maximum Gasteiger partial charge on any atom is 0.172 e. The molecular weight excluding hydrogens is 262 g/mol. The number of rotatable bonds is 3. The van der Waals surface area contributed by atoms with Gasteiger partial charge in [-0.25, -0.2) is 0 Å². The van der Waals surface area contributed by atoms with E-state index >= 15 is 0 Å². The van der Waals surface area contributed by atoms with Gasteiger partial charge in [0.1, 0.15) is 0 Å². The van der Waals surface area contributed by atoms with E-state index in [1.54, 1.807) is 6.07 Å². The number of halogens is 1. The Morgan fingerprint density at radius 2 is 2.16 bits per heavy atom. The zero-order valence-electron chi connectivity index (χ0n) is 11.1. The molecule has 3 N–H and O–H groups in total. The Morgan fingerprint density at radius 1 is 1.47 bits per heavy atom. The first-order valence-corrected chi connectivity index (χ1v) is 7.06. The number of hydrogen-bond acceptors (Lipinski definition) is 3. The van der Waals surface area contributed by atoms with Gasteiger partial charge in [0, 0.05) is 29.4 Å². The predicted molar refractivity (Wildman–Crippen MR) is 79.2 cm³/mol. The van der Waals surface area contributed by atoms with E-state index in [4.69, 9.17) is 22.5 Å². The molecule has 5 heteroatoms. The average Bonchev–Trinajstić information content (AvgIpc) is 2.46. The zero-order chi connectivity index (χ0) is 13.8. The summed E-state index contributed by atoms with van der Waals surface area (Å²) < 4.78 is 0. The molecule has 0 radical (unpaired) electrons. The Kier molecular flexibility index (Phi) is 4.53. The summed E-state index contributed by atoms with van der Waals surface area (Å²) in [5.74, 6) is 0.922. The molecule has 2 rings (SSSR count). The average molecular weight is 282 g/mol. The van der Waals surface area contributed by atoms with Gasteiger partial charge in [0.2, 0.25) is 0 Å². The molecule has 4 nitrogen and oxygen atoms in total. The topological polar surface area (TPSA) is 61.8 Å². The van der Waals surface area contributed by atoms with Crippen molar-refractivity contribution < 1.29 is 5.21 Å². The van der Waals surface area contributed by atoms with Crippen LogP contribution in [0.25, 0.3) is 0 Å². The number of piperidine rings is 1. The van der Waals surface area contributed by atoms with Gasteiger partial charge in [-0.2, -0.15) is 0 Å². The van der Waals surface area contributed by atoms with Crippen molar-refractivity contribution in [3.8, 4) is 0 Å². The van der Waals surface area contributed by atoms with Crippen molar-refractivity contribution in [2.75, 3.05) is 18.0 Å². The van der Waals surface area contributed by atoms with Crippen molar-refractivity contribution >= 4 is 23.1 Å². The van der Waals surface area contributed by atoms with Gasteiger partial charge in [0.05, 0.1) is 0 Å². The van der Waals surface area contributed by atoms with Crippen molar-refractivity contribution in [1.82, 2.24) is 0 Å². The van der Waals surface area contributed by atoms with Gasteiger partial charge in [-0.15, -0.1) is 0 Å². The van der Waals surface area contributed by atoms with E-state index in [0.29, 0.717) is 10.6 Å². The van der Waals surface area contributed by atoms with E-state index in [-0.39, 0.29) is 5.84 Å². The number of hydrogen-bond donors (Lipinski definition) is 2. The summed E-state index contributed by atoms with van der Waals surface area (Å²) in [7, 11) is 0. The van der Waals surface area contributed by atoms with Crippen LogP contribution in [0.15, 0.2) is 23.4 Å². The van der Waals surface area contributed by atoms with Crippen LogP contribution < -0.4 is 10.6 Å². The van der Waals surface area contributed by atoms with Gasteiger partial charge < -0.3 is 15.8 Å². The summed E-state index contributed by atoms with van der Waals surface area (Å²) in [6, 6.07) is 5.54. The van der Waals surface area contributed by atoms with Gasteiger partial charge in [-0.05, 0) is 37.0 Å². The smallest absolute Gasteiger partial charge is 0.172 e. The minimum absolute atomic E-state index is 0.107. The molecule has 0 amide bonds. The second kappa shape index (κ2) is 6.15. The lowest BCUT2D eigenvalue weighted by molar-refractivity contribution is 0.318. The number of nitrogens with zero attached hydrogens (tertiary/aromatic N) is 2. The molecule has 19 heavy (non-hydrogen) atoms. The third-order valence-corrected chi connectivity index (χ3v) is 4.11. The molecule has 1 saturated heterocycles. The van der Waals surface area contributed by atoms with Crippen LogP contribution in [0.4, 0.5) is 5.69 Å². The summed E-state index contributed by atoms with van der Waals surface area (Å²) in [6.07, 6.45) is 3.62. The number of oxime groups is 1. The highest BCUT2D eigenvalue weighted by Crippen LogP contribution is 2.29. The van der Waals surface area contributed by atoms with E-state index < -0.39 is 0 Å². The molecule has 0 unspecified atom stereocenters. The molecular formula is C14H20ClN3O. The van der Waals surface area contributed by atoms with Crippen LogP contribution in [0.3, 0.4) is 0 Å². The number of anilines is 1. The SMILES string of the molecule is CCC1CCN(c2ccc(Cl)cc2C(N)=NO)CC1. The Bertz CT molecular complexity index is 468. The standard InChI is InChI=1S/C14H20ClN3O/c1-2-10-5-7-18(8-6-10)13-4-3-11(15)9-12(13)14(16)17-19/h3-4,9-10,19H,2,5-8H2,1H3,(H2,16,17). The molecule has 0 aliphatic carbocycles. The number of nitrogens with two attached hydrogens (primary N) is 1. The molecule has 0 saturated carbocycles. The summed E-state index contributed by atoms with van der Waals surface area (Å²) in [4.78, 5) is 2.29. The molecule has 0 bridgehead atoms. The normalized spacial score (nSPS) is 17.8. The van der Waals surface area contributed by atoms with Crippen LogP contribution in [0, 0.1) is 5.92 Å². The fourth-order valence-electron chi connectivity index (χ4n) is 2.63. The van der Waals surface area contributed by atoms with Crippen molar-refractivity contribution in [3.05, 3.63) is 28.8 Å². The Balaban J connectivity index is 2.25. The highest BCUT2D eigenvalue weighted by Gasteiger charge is 2.21. The monoisotopic (exact) mass is 281 g/mol. The zero-order valence-corrected chi connectivity index (χ0v) is 11.9. The highest BCUT2D eigenvalue weighted by atomic mass is 35.5. The second-order valence-electron chi connectivity index (χ2n) is 4.99. The molecule has 1 aliphatic rings. The molecule has 1 fully saturated rings. The van der Waals surface area contributed by atoms with E-state index in [2.05, 4.69) is 17.0 Å². The Hall–Kier alpha value is -1.42. The first kappa shape index (κ1) is 14.0. The van der Waals surface area contributed by atoms with Crippen molar-refractivity contribution in [2.45, 2.75) is 26.2 Å². The molecule has 0 spiro atoms. The van der Waals surface area contributed by atoms with Crippen LogP contribution >= 0.6 is 11.6 Å².